The van der Waals surface area contributed by atoms with Crippen molar-refractivity contribution in [3.8, 4) is 0 Å². The first-order chi connectivity index (χ1) is 11.1. The third-order valence-corrected chi connectivity index (χ3v) is 4.94. The smallest absolute Gasteiger partial charge is 0.237 e. The lowest BCUT2D eigenvalue weighted by atomic mass is 10.0. The number of likely N-dealkylation sites (tertiary alicyclic amines) is 1. The van der Waals surface area contributed by atoms with Crippen molar-refractivity contribution in [1.82, 2.24) is 25.1 Å². The largest absolute Gasteiger partial charge is 0.353 e. The highest BCUT2D eigenvalue weighted by atomic mass is 16.2. The summed E-state index contributed by atoms with van der Waals surface area (Å²) in [7, 11) is 6.09. The number of hydrogen-bond acceptors (Lipinski definition) is 6. The molecule has 3 atom stereocenters. The summed E-state index contributed by atoms with van der Waals surface area (Å²) in [6, 6.07) is 2.23. The van der Waals surface area contributed by atoms with Gasteiger partial charge >= 0.3 is 0 Å². The van der Waals surface area contributed by atoms with Gasteiger partial charge in [0.2, 0.25) is 11.9 Å². The van der Waals surface area contributed by atoms with Gasteiger partial charge in [-0.05, 0) is 39.5 Å². The van der Waals surface area contributed by atoms with Gasteiger partial charge in [0.1, 0.15) is 0 Å². The number of carbonyl (C=O) groups is 1. The van der Waals surface area contributed by atoms with Gasteiger partial charge in [0, 0.05) is 44.6 Å². The van der Waals surface area contributed by atoms with Gasteiger partial charge in [-0.3, -0.25) is 9.69 Å². The third-order valence-electron chi connectivity index (χ3n) is 4.94. The summed E-state index contributed by atoms with van der Waals surface area (Å²) in [6.07, 6.45) is 4.47. The average molecular weight is 318 g/mol. The van der Waals surface area contributed by atoms with Gasteiger partial charge in [0.25, 0.3) is 0 Å². The predicted octanol–water partition coefficient (Wildman–Crippen LogP) is -0.337. The standard InChI is InChI=1S/C16H26N6O/c1-20(2)8-7-17-15(23)13-9-12-10-22(11-14(12)21(13)3)16-18-5-4-6-19-16/h4-6,12-14H,7-11H2,1-3H3,(H,17,23)/t12-,13+,14+/m0/s1. The van der Waals surface area contributed by atoms with Crippen molar-refractivity contribution in [2.24, 2.45) is 5.92 Å². The minimum Gasteiger partial charge on any atom is -0.353 e. The van der Waals surface area contributed by atoms with E-state index in [1.165, 1.54) is 0 Å². The zero-order chi connectivity index (χ0) is 16.4. The van der Waals surface area contributed by atoms with Crippen LogP contribution in [0.1, 0.15) is 6.42 Å². The summed E-state index contributed by atoms with van der Waals surface area (Å²) in [4.78, 5) is 27.6. The third kappa shape index (κ3) is 3.45. The minimum absolute atomic E-state index is 0.00833. The molecule has 0 aliphatic carbocycles. The van der Waals surface area contributed by atoms with Crippen LogP contribution in [0.2, 0.25) is 0 Å². The van der Waals surface area contributed by atoms with Crippen LogP contribution in [-0.2, 0) is 4.79 Å². The Hall–Kier alpha value is -1.73. The second kappa shape index (κ2) is 6.80. The first kappa shape index (κ1) is 16.1. The number of hydrogen-bond donors (Lipinski definition) is 1. The fourth-order valence-corrected chi connectivity index (χ4v) is 3.66. The number of nitrogens with zero attached hydrogens (tertiary/aromatic N) is 5. The van der Waals surface area contributed by atoms with Gasteiger partial charge in [0.15, 0.2) is 0 Å². The van der Waals surface area contributed by atoms with E-state index in [9.17, 15) is 4.79 Å². The fraction of sp³-hybridized carbons (Fsp3) is 0.688. The van der Waals surface area contributed by atoms with E-state index >= 15 is 0 Å². The number of anilines is 1. The number of likely N-dealkylation sites (N-methyl/N-ethyl adjacent to an activating group) is 2. The topological polar surface area (TPSA) is 64.6 Å². The first-order valence-electron chi connectivity index (χ1n) is 8.22. The Morgan fingerprint density at radius 2 is 2.09 bits per heavy atom. The van der Waals surface area contributed by atoms with Crippen molar-refractivity contribution in [3.05, 3.63) is 18.5 Å². The zero-order valence-corrected chi connectivity index (χ0v) is 14.1. The van der Waals surface area contributed by atoms with Crippen LogP contribution in [0.4, 0.5) is 5.95 Å². The highest BCUT2D eigenvalue weighted by molar-refractivity contribution is 5.82. The molecule has 0 spiro atoms. The van der Waals surface area contributed by atoms with Crippen LogP contribution in [0.25, 0.3) is 0 Å². The number of carbonyl (C=O) groups excluding carboxylic acids is 1. The number of amides is 1. The highest BCUT2D eigenvalue weighted by Gasteiger charge is 2.47. The average Bonchev–Trinajstić information content (AvgIpc) is 3.08. The molecule has 0 radical (unpaired) electrons. The highest BCUT2D eigenvalue weighted by Crippen LogP contribution is 2.35. The van der Waals surface area contributed by atoms with Crippen molar-refractivity contribution < 1.29 is 4.79 Å². The Morgan fingerprint density at radius 3 is 2.74 bits per heavy atom. The number of fused-ring (bicyclic) bond motifs is 1. The molecule has 1 aromatic rings. The molecule has 1 aromatic heterocycles. The molecular formula is C16H26N6O. The molecule has 1 N–H and O–H groups in total. The molecule has 0 bridgehead atoms. The SMILES string of the molecule is CN(C)CCNC(=O)[C@H]1C[C@H]2CN(c3ncccn3)C[C@H]2N1C. The Balaban J connectivity index is 1.55. The number of rotatable bonds is 5. The summed E-state index contributed by atoms with van der Waals surface area (Å²) >= 11 is 0. The Labute approximate surface area is 137 Å². The van der Waals surface area contributed by atoms with Crippen molar-refractivity contribution in [2.75, 3.05) is 52.2 Å². The molecule has 126 valence electrons. The van der Waals surface area contributed by atoms with Gasteiger partial charge in [-0.2, -0.15) is 0 Å². The monoisotopic (exact) mass is 318 g/mol. The molecule has 0 unspecified atom stereocenters. The van der Waals surface area contributed by atoms with Crippen molar-refractivity contribution in [2.45, 2.75) is 18.5 Å². The number of nitrogens with one attached hydrogen (secondary N) is 1. The van der Waals surface area contributed by atoms with Crippen LogP contribution < -0.4 is 10.2 Å². The molecule has 7 nitrogen and oxygen atoms in total. The second-order valence-corrected chi connectivity index (χ2v) is 6.79. The van der Waals surface area contributed by atoms with Crippen LogP contribution in [0.15, 0.2) is 18.5 Å². The summed E-state index contributed by atoms with van der Waals surface area (Å²) in [6.45, 7) is 3.40. The quantitative estimate of drug-likeness (QED) is 0.802. The Kier molecular flexibility index (Phi) is 4.77. The molecule has 2 aliphatic heterocycles. The van der Waals surface area contributed by atoms with Crippen LogP contribution in [0.3, 0.4) is 0 Å². The Morgan fingerprint density at radius 1 is 1.35 bits per heavy atom. The molecule has 2 aliphatic rings. The molecule has 2 saturated heterocycles. The molecule has 1 amide bonds. The van der Waals surface area contributed by atoms with Crippen LogP contribution in [0, 0.1) is 5.92 Å². The van der Waals surface area contributed by atoms with Gasteiger partial charge < -0.3 is 15.1 Å². The van der Waals surface area contributed by atoms with Gasteiger partial charge in [-0.15, -0.1) is 0 Å². The number of aromatic nitrogens is 2. The lowest BCUT2D eigenvalue weighted by Crippen LogP contribution is -2.46. The zero-order valence-electron chi connectivity index (χ0n) is 14.1. The van der Waals surface area contributed by atoms with E-state index < -0.39 is 0 Å². The maximum Gasteiger partial charge on any atom is 0.237 e. The van der Waals surface area contributed by atoms with Gasteiger partial charge in [-0.25, -0.2) is 9.97 Å². The molecule has 0 aromatic carbocycles. The first-order valence-corrected chi connectivity index (χ1v) is 8.22. The normalized spacial score (nSPS) is 27.5. The minimum atomic E-state index is -0.00833. The van der Waals surface area contributed by atoms with Gasteiger partial charge in [-0.1, -0.05) is 0 Å². The van der Waals surface area contributed by atoms with Crippen LogP contribution >= 0.6 is 0 Å². The summed E-state index contributed by atoms with van der Waals surface area (Å²) < 4.78 is 0. The van der Waals surface area contributed by atoms with E-state index in [1.807, 2.05) is 20.2 Å². The van der Waals surface area contributed by atoms with Crippen LogP contribution in [-0.4, -0.2) is 85.1 Å². The molecular weight excluding hydrogens is 292 g/mol. The maximum atomic E-state index is 12.4. The van der Waals surface area contributed by atoms with Crippen LogP contribution in [0.5, 0.6) is 0 Å². The summed E-state index contributed by atoms with van der Waals surface area (Å²) in [5.41, 5.74) is 0. The fourth-order valence-electron chi connectivity index (χ4n) is 3.66. The van der Waals surface area contributed by atoms with Crippen molar-refractivity contribution >= 4 is 11.9 Å². The lowest BCUT2D eigenvalue weighted by Gasteiger charge is -2.26. The molecule has 23 heavy (non-hydrogen) atoms. The summed E-state index contributed by atoms with van der Waals surface area (Å²) in [5, 5.41) is 3.06. The molecule has 3 rings (SSSR count). The van der Waals surface area contributed by atoms with Crippen molar-refractivity contribution in [3.63, 3.8) is 0 Å². The molecule has 7 heteroatoms. The second-order valence-electron chi connectivity index (χ2n) is 6.79. The molecule has 3 heterocycles. The van der Waals surface area contributed by atoms with E-state index in [4.69, 9.17) is 0 Å². The van der Waals surface area contributed by atoms with E-state index in [0.29, 0.717) is 18.5 Å². The van der Waals surface area contributed by atoms with E-state index in [-0.39, 0.29) is 11.9 Å². The van der Waals surface area contributed by atoms with Crippen molar-refractivity contribution in [1.29, 1.82) is 0 Å². The molecule has 0 saturated carbocycles. The van der Waals surface area contributed by atoms with E-state index in [1.54, 1.807) is 12.4 Å². The predicted molar refractivity (Wildman–Crippen MR) is 89.3 cm³/mol. The van der Waals surface area contributed by atoms with E-state index in [2.05, 4.69) is 37.0 Å². The van der Waals surface area contributed by atoms with E-state index in [0.717, 1.165) is 32.0 Å². The van der Waals surface area contributed by atoms with Gasteiger partial charge in [0.05, 0.1) is 6.04 Å². The Bertz CT molecular complexity index is 537. The summed E-state index contributed by atoms with van der Waals surface area (Å²) in [5.74, 6) is 1.46. The lowest BCUT2D eigenvalue weighted by molar-refractivity contribution is -0.125. The molecule has 2 fully saturated rings. The maximum absolute atomic E-state index is 12.4.